The molecule has 1 aliphatic heterocycles. The first kappa shape index (κ1) is 14.7. The molecule has 2 N–H and O–H groups in total. The van der Waals surface area contributed by atoms with Gasteiger partial charge in [-0.3, -0.25) is 0 Å². The number of nitrogens with two attached hydrogens (primary N) is 1. The predicted molar refractivity (Wildman–Crippen MR) is 75.8 cm³/mol. The number of esters is 1. The highest BCUT2D eigenvalue weighted by Gasteiger charge is 2.18. The summed E-state index contributed by atoms with van der Waals surface area (Å²) < 4.78 is 16.1. The van der Waals surface area contributed by atoms with Crippen LogP contribution in [0.3, 0.4) is 0 Å². The summed E-state index contributed by atoms with van der Waals surface area (Å²) in [5.41, 5.74) is 6.63. The van der Waals surface area contributed by atoms with E-state index in [1.165, 1.54) is 0 Å². The zero-order chi connectivity index (χ0) is 14.4. The molecule has 5 heteroatoms. The number of hydrogen-bond donors (Lipinski definition) is 1. The average Bonchev–Trinajstić information content (AvgIpc) is 2.47. The monoisotopic (exact) mass is 279 g/mol. The Kier molecular flexibility index (Phi) is 5.24. The molecule has 1 heterocycles. The molecular formula is C15H21NO4. The number of anilines is 1. The molecule has 1 aromatic rings. The van der Waals surface area contributed by atoms with Gasteiger partial charge >= 0.3 is 5.97 Å². The molecule has 0 unspecified atom stereocenters. The normalized spacial score (nSPS) is 15.8. The van der Waals surface area contributed by atoms with Crippen LogP contribution in [0.15, 0.2) is 18.2 Å². The van der Waals surface area contributed by atoms with E-state index in [1.807, 2.05) is 0 Å². The molecule has 0 amide bonds. The van der Waals surface area contributed by atoms with Crippen LogP contribution in [0.5, 0.6) is 5.75 Å². The minimum atomic E-state index is -0.401. The van der Waals surface area contributed by atoms with Gasteiger partial charge in [-0.25, -0.2) is 4.79 Å². The van der Waals surface area contributed by atoms with E-state index in [2.05, 4.69) is 0 Å². The van der Waals surface area contributed by atoms with Crippen molar-refractivity contribution in [2.75, 3.05) is 32.2 Å². The van der Waals surface area contributed by atoms with Crippen LogP contribution in [0.2, 0.25) is 0 Å². The highest BCUT2D eigenvalue weighted by molar-refractivity contribution is 5.93. The first-order chi connectivity index (χ1) is 9.70. The number of carbonyl (C=O) groups excluding carboxylic acids is 1. The highest BCUT2D eigenvalue weighted by Crippen LogP contribution is 2.24. The molecular weight excluding hydrogens is 258 g/mol. The summed E-state index contributed by atoms with van der Waals surface area (Å²) in [6.07, 6.45) is 1.98. The average molecular weight is 279 g/mol. The maximum absolute atomic E-state index is 11.9. The summed E-state index contributed by atoms with van der Waals surface area (Å²) in [5, 5.41) is 0. The standard InChI is InChI=1S/C15H21NO4/c1-2-19-15(17)13-9-12(16)3-4-14(13)20-10-11-5-7-18-8-6-11/h3-4,9,11H,2,5-8,10,16H2,1H3. The molecule has 0 aliphatic carbocycles. The summed E-state index contributed by atoms with van der Waals surface area (Å²) in [5.74, 6) is 0.599. The van der Waals surface area contributed by atoms with Gasteiger partial charge in [0.25, 0.3) is 0 Å². The zero-order valence-corrected chi connectivity index (χ0v) is 11.8. The minimum Gasteiger partial charge on any atom is -0.492 e. The third kappa shape index (κ3) is 3.87. The minimum absolute atomic E-state index is 0.326. The van der Waals surface area contributed by atoms with Gasteiger partial charge < -0.3 is 19.9 Å². The van der Waals surface area contributed by atoms with E-state index in [0.717, 1.165) is 26.1 Å². The topological polar surface area (TPSA) is 70.8 Å². The smallest absolute Gasteiger partial charge is 0.341 e. The second-order valence-corrected chi connectivity index (χ2v) is 4.84. The lowest BCUT2D eigenvalue weighted by molar-refractivity contribution is 0.0468. The molecule has 0 saturated carbocycles. The van der Waals surface area contributed by atoms with Crippen molar-refractivity contribution in [2.24, 2.45) is 5.92 Å². The molecule has 5 nitrogen and oxygen atoms in total. The lowest BCUT2D eigenvalue weighted by Gasteiger charge is -2.22. The Bertz CT molecular complexity index is 455. The van der Waals surface area contributed by atoms with Crippen molar-refractivity contribution in [1.29, 1.82) is 0 Å². The van der Waals surface area contributed by atoms with Crippen molar-refractivity contribution in [3.63, 3.8) is 0 Å². The molecule has 1 aromatic carbocycles. The van der Waals surface area contributed by atoms with Crippen molar-refractivity contribution in [3.8, 4) is 5.75 Å². The quantitative estimate of drug-likeness (QED) is 0.661. The fourth-order valence-electron chi connectivity index (χ4n) is 2.16. The van der Waals surface area contributed by atoms with E-state index in [1.54, 1.807) is 25.1 Å². The molecule has 0 spiro atoms. The number of ether oxygens (including phenoxy) is 3. The molecule has 1 saturated heterocycles. The van der Waals surface area contributed by atoms with Gasteiger partial charge in [0, 0.05) is 18.9 Å². The van der Waals surface area contributed by atoms with Gasteiger partial charge in [0.05, 0.1) is 13.2 Å². The Balaban J connectivity index is 2.03. The van der Waals surface area contributed by atoms with Gasteiger partial charge in [-0.2, -0.15) is 0 Å². The van der Waals surface area contributed by atoms with Gasteiger partial charge in [0.2, 0.25) is 0 Å². The number of rotatable bonds is 5. The first-order valence-electron chi connectivity index (χ1n) is 6.98. The van der Waals surface area contributed by atoms with Gasteiger partial charge in [-0.15, -0.1) is 0 Å². The van der Waals surface area contributed by atoms with E-state index in [4.69, 9.17) is 19.9 Å². The lowest BCUT2D eigenvalue weighted by atomic mass is 10.0. The molecule has 0 radical (unpaired) electrons. The summed E-state index contributed by atoms with van der Waals surface area (Å²) in [7, 11) is 0. The third-order valence-electron chi connectivity index (χ3n) is 3.31. The Morgan fingerprint density at radius 1 is 1.40 bits per heavy atom. The van der Waals surface area contributed by atoms with Crippen LogP contribution in [0.1, 0.15) is 30.1 Å². The Morgan fingerprint density at radius 2 is 2.15 bits per heavy atom. The predicted octanol–water partition coefficient (Wildman–Crippen LogP) is 2.25. The van der Waals surface area contributed by atoms with E-state index in [9.17, 15) is 4.79 Å². The molecule has 110 valence electrons. The zero-order valence-electron chi connectivity index (χ0n) is 11.8. The van der Waals surface area contributed by atoms with Crippen molar-refractivity contribution in [3.05, 3.63) is 23.8 Å². The first-order valence-corrected chi connectivity index (χ1v) is 6.98. The Labute approximate surface area is 119 Å². The fourth-order valence-corrected chi connectivity index (χ4v) is 2.16. The molecule has 1 aliphatic rings. The van der Waals surface area contributed by atoms with Crippen LogP contribution < -0.4 is 10.5 Å². The van der Waals surface area contributed by atoms with Crippen molar-refractivity contribution in [2.45, 2.75) is 19.8 Å². The lowest BCUT2D eigenvalue weighted by Crippen LogP contribution is -2.22. The van der Waals surface area contributed by atoms with E-state index in [0.29, 0.717) is 36.1 Å². The van der Waals surface area contributed by atoms with Crippen LogP contribution in [-0.4, -0.2) is 32.4 Å². The molecule has 2 rings (SSSR count). The van der Waals surface area contributed by atoms with Crippen LogP contribution in [0.25, 0.3) is 0 Å². The fraction of sp³-hybridized carbons (Fsp3) is 0.533. The second-order valence-electron chi connectivity index (χ2n) is 4.84. The van der Waals surface area contributed by atoms with E-state index < -0.39 is 5.97 Å². The van der Waals surface area contributed by atoms with Crippen molar-refractivity contribution < 1.29 is 19.0 Å². The van der Waals surface area contributed by atoms with E-state index in [-0.39, 0.29) is 0 Å². The summed E-state index contributed by atoms with van der Waals surface area (Å²) in [4.78, 5) is 11.9. The Hall–Kier alpha value is -1.75. The largest absolute Gasteiger partial charge is 0.492 e. The molecule has 0 atom stereocenters. The number of benzene rings is 1. The molecule has 20 heavy (non-hydrogen) atoms. The van der Waals surface area contributed by atoms with Crippen LogP contribution in [0.4, 0.5) is 5.69 Å². The van der Waals surface area contributed by atoms with Crippen LogP contribution in [-0.2, 0) is 9.47 Å². The van der Waals surface area contributed by atoms with Gasteiger partial charge in [0.15, 0.2) is 0 Å². The van der Waals surface area contributed by atoms with Crippen molar-refractivity contribution >= 4 is 11.7 Å². The number of hydrogen-bond acceptors (Lipinski definition) is 5. The number of carbonyl (C=O) groups is 1. The number of nitrogen functional groups attached to an aromatic ring is 1. The second kappa shape index (κ2) is 7.14. The molecule has 1 fully saturated rings. The van der Waals surface area contributed by atoms with Gasteiger partial charge in [-0.05, 0) is 43.9 Å². The van der Waals surface area contributed by atoms with Gasteiger partial charge in [0.1, 0.15) is 11.3 Å². The maximum Gasteiger partial charge on any atom is 0.341 e. The van der Waals surface area contributed by atoms with Crippen molar-refractivity contribution in [1.82, 2.24) is 0 Å². The molecule has 0 aromatic heterocycles. The van der Waals surface area contributed by atoms with Crippen LogP contribution in [0, 0.1) is 5.92 Å². The summed E-state index contributed by atoms with van der Waals surface area (Å²) in [6, 6.07) is 5.04. The Morgan fingerprint density at radius 3 is 2.85 bits per heavy atom. The summed E-state index contributed by atoms with van der Waals surface area (Å²) >= 11 is 0. The SMILES string of the molecule is CCOC(=O)c1cc(N)ccc1OCC1CCOCC1. The highest BCUT2D eigenvalue weighted by atomic mass is 16.5. The van der Waals surface area contributed by atoms with Crippen LogP contribution >= 0.6 is 0 Å². The summed E-state index contributed by atoms with van der Waals surface area (Å²) in [6.45, 7) is 4.24. The third-order valence-corrected chi connectivity index (χ3v) is 3.31. The van der Waals surface area contributed by atoms with Gasteiger partial charge in [-0.1, -0.05) is 0 Å². The maximum atomic E-state index is 11.9. The molecule has 0 bridgehead atoms. The van der Waals surface area contributed by atoms with E-state index >= 15 is 0 Å².